The summed E-state index contributed by atoms with van der Waals surface area (Å²) in [5.74, 6) is 0. The number of benzene rings is 1. The molecule has 0 fully saturated rings. The first-order valence-corrected chi connectivity index (χ1v) is 3.99. The summed E-state index contributed by atoms with van der Waals surface area (Å²) in [5.41, 5.74) is 3.04. The zero-order valence-electron chi connectivity index (χ0n) is 7.19. The molecule has 3 heteroatoms. The maximum Gasteiger partial charge on any atom is 0.170 e. The monoisotopic (exact) mass is 172 g/mol. The van der Waals surface area contributed by atoms with E-state index in [1.165, 1.54) is 6.20 Å². The van der Waals surface area contributed by atoms with Crippen molar-refractivity contribution in [1.29, 1.82) is 0 Å². The van der Waals surface area contributed by atoms with Gasteiger partial charge in [0.1, 0.15) is 5.69 Å². The minimum atomic E-state index is 0.377. The Morgan fingerprint density at radius 3 is 3.00 bits per heavy atom. The van der Waals surface area contributed by atoms with Gasteiger partial charge in [0.2, 0.25) is 0 Å². The Bertz CT molecular complexity index is 465. The Hall–Kier alpha value is -1.77. The summed E-state index contributed by atoms with van der Waals surface area (Å²) in [6, 6.07) is 5.75. The first-order valence-electron chi connectivity index (χ1n) is 3.99. The van der Waals surface area contributed by atoms with Gasteiger partial charge in [-0.05, 0) is 18.6 Å². The number of carbonyl (C=O) groups excluding carboxylic acids is 1. The third kappa shape index (κ3) is 1.28. The molecule has 0 aliphatic carbocycles. The third-order valence-electron chi connectivity index (χ3n) is 1.91. The van der Waals surface area contributed by atoms with Gasteiger partial charge in [0, 0.05) is 0 Å². The largest absolute Gasteiger partial charge is 0.296 e. The highest BCUT2D eigenvalue weighted by Gasteiger charge is 2.00. The van der Waals surface area contributed by atoms with Crippen LogP contribution in [0.2, 0.25) is 0 Å². The number of aldehydes is 1. The van der Waals surface area contributed by atoms with Gasteiger partial charge in [-0.3, -0.25) is 9.78 Å². The van der Waals surface area contributed by atoms with Crippen LogP contribution in [0.25, 0.3) is 11.0 Å². The van der Waals surface area contributed by atoms with Crippen molar-refractivity contribution in [1.82, 2.24) is 9.97 Å². The molecule has 2 aromatic rings. The van der Waals surface area contributed by atoms with E-state index in [0.29, 0.717) is 12.0 Å². The molecule has 0 spiro atoms. The molecule has 0 saturated carbocycles. The number of hydrogen-bond donors (Lipinski definition) is 0. The third-order valence-corrected chi connectivity index (χ3v) is 1.91. The van der Waals surface area contributed by atoms with Crippen molar-refractivity contribution >= 4 is 17.3 Å². The van der Waals surface area contributed by atoms with Crippen LogP contribution in [0.15, 0.2) is 24.4 Å². The molecule has 0 N–H and O–H groups in total. The molecule has 0 amide bonds. The molecular weight excluding hydrogens is 164 g/mol. The molecule has 1 aromatic carbocycles. The normalized spacial score (nSPS) is 10.2. The first kappa shape index (κ1) is 7.86. The summed E-state index contributed by atoms with van der Waals surface area (Å²) in [7, 11) is 0. The van der Waals surface area contributed by atoms with E-state index in [0.717, 1.165) is 16.6 Å². The fraction of sp³-hybridized carbons (Fsp3) is 0.100. The van der Waals surface area contributed by atoms with Crippen LogP contribution >= 0.6 is 0 Å². The predicted octanol–water partition coefficient (Wildman–Crippen LogP) is 1.75. The van der Waals surface area contributed by atoms with Gasteiger partial charge in [-0.2, -0.15) is 0 Å². The maximum atomic E-state index is 10.5. The molecule has 0 saturated heterocycles. The number of hydrogen-bond acceptors (Lipinski definition) is 3. The van der Waals surface area contributed by atoms with E-state index in [2.05, 4.69) is 9.97 Å². The van der Waals surface area contributed by atoms with Gasteiger partial charge in [0.25, 0.3) is 0 Å². The highest BCUT2D eigenvalue weighted by Crippen LogP contribution is 2.12. The Morgan fingerprint density at radius 1 is 1.38 bits per heavy atom. The van der Waals surface area contributed by atoms with Crippen molar-refractivity contribution in [3.63, 3.8) is 0 Å². The summed E-state index contributed by atoms with van der Waals surface area (Å²) in [4.78, 5) is 18.7. The number of aromatic nitrogens is 2. The molecule has 64 valence electrons. The van der Waals surface area contributed by atoms with Gasteiger partial charge in [0.15, 0.2) is 6.29 Å². The molecule has 2 rings (SSSR count). The second kappa shape index (κ2) is 2.94. The van der Waals surface area contributed by atoms with Gasteiger partial charge in [-0.15, -0.1) is 0 Å². The van der Waals surface area contributed by atoms with Gasteiger partial charge in [0.05, 0.1) is 17.2 Å². The van der Waals surface area contributed by atoms with Crippen molar-refractivity contribution in [2.75, 3.05) is 0 Å². The van der Waals surface area contributed by atoms with Crippen molar-refractivity contribution in [2.45, 2.75) is 6.92 Å². The molecule has 13 heavy (non-hydrogen) atoms. The molecular formula is C10H8N2O. The molecule has 0 unspecified atom stereocenters. The van der Waals surface area contributed by atoms with E-state index in [1.54, 1.807) is 0 Å². The van der Waals surface area contributed by atoms with Gasteiger partial charge >= 0.3 is 0 Å². The van der Waals surface area contributed by atoms with E-state index in [1.807, 2.05) is 25.1 Å². The van der Waals surface area contributed by atoms with Gasteiger partial charge < -0.3 is 0 Å². The lowest BCUT2D eigenvalue weighted by Gasteiger charge is -1.99. The lowest BCUT2D eigenvalue weighted by Crippen LogP contribution is -1.92. The molecule has 1 heterocycles. The SMILES string of the molecule is Cc1cccc2ncc(C=O)nc12. The number of carbonyl (C=O) groups is 1. The zero-order chi connectivity index (χ0) is 9.26. The number of para-hydroxylation sites is 1. The predicted molar refractivity (Wildman–Crippen MR) is 49.7 cm³/mol. The minimum absolute atomic E-state index is 0.377. The lowest BCUT2D eigenvalue weighted by atomic mass is 10.2. The van der Waals surface area contributed by atoms with Crippen molar-refractivity contribution in [3.8, 4) is 0 Å². The topological polar surface area (TPSA) is 42.9 Å². The van der Waals surface area contributed by atoms with Crippen LogP contribution in [0, 0.1) is 6.92 Å². The second-order valence-corrected chi connectivity index (χ2v) is 2.86. The van der Waals surface area contributed by atoms with E-state index in [9.17, 15) is 4.79 Å². The number of aryl methyl sites for hydroxylation is 1. The smallest absolute Gasteiger partial charge is 0.170 e. The molecule has 0 aliphatic rings. The summed E-state index contributed by atoms with van der Waals surface area (Å²) in [6.07, 6.45) is 2.19. The zero-order valence-corrected chi connectivity index (χ0v) is 7.19. The molecule has 0 atom stereocenters. The molecule has 0 radical (unpaired) electrons. The second-order valence-electron chi connectivity index (χ2n) is 2.86. The average Bonchev–Trinajstić information content (AvgIpc) is 2.18. The van der Waals surface area contributed by atoms with Crippen LogP contribution in [0.3, 0.4) is 0 Å². The number of rotatable bonds is 1. The quantitative estimate of drug-likeness (QED) is 0.615. The highest BCUT2D eigenvalue weighted by atomic mass is 16.1. The number of nitrogens with zero attached hydrogens (tertiary/aromatic N) is 2. The van der Waals surface area contributed by atoms with E-state index in [-0.39, 0.29) is 0 Å². The van der Waals surface area contributed by atoms with Crippen LogP contribution in [0.4, 0.5) is 0 Å². The van der Waals surface area contributed by atoms with Crippen LogP contribution in [-0.2, 0) is 0 Å². The Balaban J connectivity index is 2.81. The van der Waals surface area contributed by atoms with Gasteiger partial charge in [-0.1, -0.05) is 12.1 Å². The van der Waals surface area contributed by atoms with Crippen LogP contribution < -0.4 is 0 Å². The maximum absolute atomic E-state index is 10.5. The number of fused-ring (bicyclic) bond motifs is 1. The standard InChI is InChI=1S/C10H8N2O/c1-7-3-2-4-9-10(7)12-8(6-13)5-11-9/h2-6H,1H3. The molecule has 0 aliphatic heterocycles. The lowest BCUT2D eigenvalue weighted by molar-refractivity contribution is 0.111. The van der Waals surface area contributed by atoms with Crippen LogP contribution in [0.1, 0.15) is 16.1 Å². The summed E-state index contributed by atoms with van der Waals surface area (Å²) >= 11 is 0. The van der Waals surface area contributed by atoms with Crippen molar-refractivity contribution in [2.24, 2.45) is 0 Å². The van der Waals surface area contributed by atoms with Gasteiger partial charge in [-0.25, -0.2) is 4.98 Å². The summed E-state index contributed by atoms with van der Waals surface area (Å²) in [5, 5.41) is 0. The van der Waals surface area contributed by atoms with Crippen LogP contribution in [-0.4, -0.2) is 16.3 Å². The first-order chi connectivity index (χ1) is 6.31. The van der Waals surface area contributed by atoms with E-state index in [4.69, 9.17) is 0 Å². The summed E-state index contributed by atoms with van der Waals surface area (Å²) in [6.45, 7) is 1.95. The molecule has 1 aromatic heterocycles. The van der Waals surface area contributed by atoms with Crippen molar-refractivity contribution in [3.05, 3.63) is 35.7 Å². The summed E-state index contributed by atoms with van der Waals surface area (Å²) < 4.78 is 0. The minimum Gasteiger partial charge on any atom is -0.296 e. The average molecular weight is 172 g/mol. The molecule has 3 nitrogen and oxygen atoms in total. The van der Waals surface area contributed by atoms with E-state index < -0.39 is 0 Å². The Labute approximate surface area is 75.4 Å². The van der Waals surface area contributed by atoms with Crippen molar-refractivity contribution < 1.29 is 4.79 Å². The fourth-order valence-corrected chi connectivity index (χ4v) is 1.24. The Morgan fingerprint density at radius 2 is 2.23 bits per heavy atom. The molecule has 0 bridgehead atoms. The fourth-order valence-electron chi connectivity index (χ4n) is 1.24. The highest BCUT2D eigenvalue weighted by molar-refractivity contribution is 5.81. The Kier molecular flexibility index (Phi) is 1.77. The van der Waals surface area contributed by atoms with Crippen LogP contribution in [0.5, 0.6) is 0 Å². The van der Waals surface area contributed by atoms with E-state index >= 15 is 0 Å².